The van der Waals surface area contributed by atoms with Crippen LogP contribution in [0.3, 0.4) is 0 Å². The van der Waals surface area contributed by atoms with E-state index in [1.54, 1.807) is 6.33 Å². The van der Waals surface area contributed by atoms with Crippen molar-refractivity contribution >= 4 is 0 Å². The summed E-state index contributed by atoms with van der Waals surface area (Å²) in [4.78, 5) is 4.19. The van der Waals surface area contributed by atoms with E-state index in [0.717, 1.165) is 17.9 Å². The van der Waals surface area contributed by atoms with E-state index in [2.05, 4.69) is 10.1 Å². The standard InChI is InChI=1S/C11H14N4/c1-2-15-11(13-8-14-15)10(12)9-6-4-3-5-7-9/h3-8,10H,2,12H2,1H3. The zero-order valence-corrected chi connectivity index (χ0v) is 8.67. The summed E-state index contributed by atoms with van der Waals surface area (Å²) in [5.41, 5.74) is 7.17. The van der Waals surface area contributed by atoms with E-state index >= 15 is 0 Å². The van der Waals surface area contributed by atoms with Gasteiger partial charge in [0.15, 0.2) is 0 Å². The predicted molar refractivity (Wildman–Crippen MR) is 58.2 cm³/mol. The van der Waals surface area contributed by atoms with Crippen molar-refractivity contribution in [3.63, 3.8) is 0 Å². The van der Waals surface area contributed by atoms with E-state index in [9.17, 15) is 0 Å². The minimum Gasteiger partial charge on any atom is -0.318 e. The molecule has 0 saturated carbocycles. The van der Waals surface area contributed by atoms with Gasteiger partial charge in [-0.2, -0.15) is 5.10 Å². The molecule has 1 heterocycles. The third-order valence-corrected chi connectivity index (χ3v) is 2.38. The summed E-state index contributed by atoms with van der Waals surface area (Å²) in [6, 6.07) is 9.72. The van der Waals surface area contributed by atoms with E-state index in [4.69, 9.17) is 5.73 Å². The van der Waals surface area contributed by atoms with Gasteiger partial charge in [0.1, 0.15) is 12.2 Å². The molecule has 1 unspecified atom stereocenters. The Hall–Kier alpha value is -1.68. The predicted octanol–water partition coefficient (Wildman–Crippen LogP) is 1.35. The Balaban J connectivity index is 2.32. The van der Waals surface area contributed by atoms with Crippen molar-refractivity contribution in [2.75, 3.05) is 0 Å². The highest BCUT2D eigenvalue weighted by Gasteiger charge is 2.14. The van der Waals surface area contributed by atoms with Crippen molar-refractivity contribution in [1.29, 1.82) is 0 Å². The first-order valence-electron chi connectivity index (χ1n) is 5.01. The maximum atomic E-state index is 6.11. The fourth-order valence-electron chi connectivity index (χ4n) is 1.57. The van der Waals surface area contributed by atoms with Gasteiger partial charge in [-0.3, -0.25) is 0 Å². The zero-order valence-electron chi connectivity index (χ0n) is 8.67. The molecule has 0 radical (unpaired) electrons. The normalized spacial score (nSPS) is 12.7. The molecule has 15 heavy (non-hydrogen) atoms. The average molecular weight is 202 g/mol. The molecule has 2 aromatic rings. The molecule has 1 aromatic heterocycles. The van der Waals surface area contributed by atoms with Crippen molar-refractivity contribution in [3.05, 3.63) is 48.0 Å². The first-order valence-corrected chi connectivity index (χ1v) is 5.01. The van der Waals surface area contributed by atoms with Gasteiger partial charge in [-0.25, -0.2) is 9.67 Å². The third kappa shape index (κ3) is 1.89. The summed E-state index contributed by atoms with van der Waals surface area (Å²) in [7, 11) is 0. The lowest BCUT2D eigenvalue weighted by Crippen LogP contribution is -2.18. The van der Waals surface area contributed by atoms with Gasteiger partial charge in [0.2, 0.25) is 0 Å². The van der Waals surface area contributed by atoms with Gasteiger partial charge in [0.05, 0.1) is 6.04 Å². The summed E-state index contributed by atoms with van der Waals surface area (Å²) in [5.74, 6) is 0.809. The molecule has 0 spiro atoms. The monoisotopic (exact) mass is 202 g/mol. The van der Waals surface area contributed by atoms with E-state index < -0.39 is 0 Å². The topological polar surface area (TPSA) is 56.7 Å². The molecule has 2 rings (SSSR count). The number of nitrogens with two attached hydrogens (primary N) is 1. The van der Waals surface area contributed by atoms with Crippen molar-refractivity contribution in [1.82, 2.24) is 14.8 Å². The van der Waals surface area contributed by atoms with E-state index in [0.29, 0.717) is 0 Å². The minimum atomic E-state index is -0.200. The second-order valence-corrected chi connectivity index (χ2v) is 3.32. The number of nitrogens with zero attached hydrogens (tertiary/aromatic N) is 3. The number of hydrogen-bond donors (Lipinski definition) is 1. The lowest BCUT2D eigenvalue weighted by molar-refractivity contribution is 0.592. The molecule has 78 valence electrons. The van der Waals surface area contributed by atoms with Crippen LogP contribution in [0.4, 0.5) is 0 Å². The van der Waals surface area contributed by atoms with Crippen LogP contribution in [0.15, 0.2) is 36.7 Å². The summed E-state index contributed by atoms with van der Waals surface area (Å²) in [5, 5.41) is 4.11. The van der Waals surface area contributed by atoms with Crippen molar-refractivity contribution in [2.24, 2.45) is 5.73 Å². The molecule has 0 fully saturated rings. The summed E-state index contributed by atoms with van der Waals surface area (Å²) >= 11 is 0. The van der Waals surface area contributed by atoms with Crippen molar-refractivity contribution in [2.45, 2.75) is 19.5 Å². The fraction of sp³-hybridized carbons (Fsp3) is 0.273. The number of hydrogen-bond acceptors (Lipinski definition) is 3. The molecule has 0 aliphatic rings. The largest absolute Gasteiger partial charge is 0.318 e. The molecule has 0 aliphatic carbocycles. The highest BCUT2D eigenvalue weighted by Crippen LogP contribution is 2.16. The quantitative estimate of drug-likeness (QED) is 0.817. The van der Waals surface area contributed by atoms with Gasteiger partial charge in [-0.15, -0.1) is 0 Å². The molecule has 0 amide bonds. The van der Waals surface area contributed by atoms with Crippen LogP contribution >= 0.6 is 0 Å². The van der Waals surface area contributed by atoms with Crippen LogP contribution in [0.25, 0.3) is 0 Å². The second kappa shape index (κ2) is 4.23. The van der Waals surface area contributed by atoms with Crippen molar-refractivity contribution < 1.29 is 0 Å². The van der Waals surface area contributed by atoms with Gasteiger partial charge < -0.3 is 5.73 Å². The SMILES string of the molecule is CCn1ncnc1C(N)c1ccccc1. The van der Waals surface area contributed by atoms with Crippen LogP contribution in [0.2, 0.25) is 0 Å². The van der Waals surface area contributed by atoms with Crippen LogP contribution in [-0.2, 0) is 6.54 Å². The molecular weight excluding hydrogens is 188 g/mol. The first-order chi connectivity index (χ1) is 7.33. The molecule has 1 aromatic carbocycles. The highest BCUT2D eigenvalue weighted by molar-refractivity contribution is 5.23. The summed E-state index contributed by atoms with van der Waals surface area (Å²) < 4.78 is 1.82. The molecular formula is C11H14N4. The average Bonchev–Trinajstić information content (AvgIpc) is 2.77. The lowest BCUT2D eigenvalue weighted by Gasteiger charge is -2.11. The molecule has 0 saturated heterocycles. The number of aryl methyl sites for hydroxylation is 1. The Bertz CT molecular complexity index is 421. The number of aromatic nitrogens is 3. The molecule has 0 aliphatic heterocycles. The van der Waals surface area contributed by atoms with Crippen LogP contribution in [0, 0.1) is 0 Å². The third-order valence-electron chi connectivity index (χ3n) is 2.38. The minimum absolute atomic E-state index is 0.200. The summed E-state index contributed by atoms with van der Waals surface area (Å²) in [6.45, 7) is 2.81. The lowest BCUT2D eigenvalue weighted by atomic mass is 10.1. The maximum absolute atomic E-state index is 6.11. The Morgan fingerprint density at radius 2 is 2.07 bits per heavy atom. The van der Waals surface area contributed by atoms with Crippen LogP contribution in [0.1, 0.15) is 24.4 Å². The van der Waals surface area contributed by atoms with Gasteiger partial charge in [0, 0.05) is 6.54 Å². The smallest absolute Gasteiger partial charge is 0.148 e. The Kier molecular flexibility index (Phi) is 2.78. The Morgan fingerprint density at radius 3 is 2.73 bits per heavy atom. The Morgan fingerprint density at radius 1 is 1.33 bits per heavy atom. The van der Waals surface area contributed by atoms with Gasteiger partial charge in [-0.1, -0.05) is 30.3 Å². The van der Waals surface area contributed by atoms with Crippen molar-refractivity contribution in [3.8, 4) is 0 Å². The van der Waals surface area contributed by atoms with Crippen LogP contribution in [0.5, 0.6) is 0 Å². The Labute approximate surface area is 88.8 Å². The number of rotatable bonds is 3. The second-order valence-electron chi connectivity index (χ2n) is 3.32. The molecule has 4 nitrogen and oxygen atoms in total. The maximum Gasteiger partial charge on any atom is 0.148 e. The molecule has 2 N–H and O–H groups in total. The zero-order chi connectivity index (χ0) is 10.7. The molecule has 1 atom stereocenters. The highest BCUT2D eigenvalue weighted by atomic mass is 15.3. The van der Waals surface area contributed by atoms with E-state index in [1.165, 1.54) is 0 Å². The molecule has 0 bridgehead atoms. The summed E-state index contributed by atoms with van der Waals surface area (Å²) in [6.07, 6.45) is 1.54. The van der Waals surface area contributed by atoms with Gasteiger partial charge >= 0.3 is 0 Å². The van der Waals surface area contributed by atoms with Crippen LogP contribution < -0.4 is 5.73 Å². The van der Waals surface area contributed by atoms with Crippen LogP contribution in [-0.4, -0.2) is 14.8 Å². The van der Waals surface area contributed by atoms with Gasteiger partial charge in [0.25, 0.3) is 0 Å². The first kappa shape index (κ1) is 9.86. The van der Waals surface area contributed by atoms with E-state index in [1.807, 2.05) is 41.9 Å². The fourth-order valence-corrected chi connectivity index (χ4v) is 1.57. The number of benzene rings is 1. The van der Waals surface area contributed by atoms with Gasteiger partial charge in [-0.05, 0) is 12.5 Å². The van der Waals surface area contributed by atoms with E-state index in [-0.39, 0.29) is 6.04 Å². The molecule has 4 heteroatoms.